The van der Waals surface area contributed by atoms with Crippen LogP contribution in [0.4, 0.5) is 16.6 Å². The summed E-state index contributed by atoms with van der Waals surface area (Å²) in [6.45, 7) is 0. The normalized spacial score (nSPS) is 9.96. The first kappa shape index (κ1) is 15.6. The number of hydrogen-bond acceptors (Lipinski definition) is 6. The molecule has 0 aliphatic carbocycles. The summed E-state index contributed by atoms with van der Waals surface area (Å²) in [5.74, 6) is 0.551. The Morgan fingerprint density at radius 3 is 2.75 bits per heavy atom. The third-order valence-electron chi connectivity index (χ3n) is 3.09. The van der Waals surface area contributed by atoms with Gasteiger partial charge in [0.05, 0.1) is 23.7 Å². The minimum atomic E-state index is -0.158. The summed E-state index contributed by atoms with van der Waals surface area (Å²) in [5.41, 5.74) is 1.89. The summed E-state index contributed by atoms with van der Waals surface area (Å²) in [6.07, 6.45) is 1.88. The highest BCUT2D eigenvalue weighted by Gasteiger charge is 2.09. The van der Waals surface area contributed by atoms with Gasteiger partial charge in [0, 0.05) is 17.3 Å². The van der Waals surface area contributed by atoms with E-state index in [9.17, 15) is 4.79 Å². The average Bonchev–Trinajstić information content (AvgIpc) is 3.03. The van der Waals surface area contributed by atoms with Gasteiger partial charge in [0.2, 0.25) is 5.91 Å². The van der Waals surface area contributed by atoms with Crippen LogP contribution in [-0.4, -0.2) is 15.9 Å². The lowest BCUT2D eigenvalue weighted by Crippen LogP contribution is -2.14. The third-order valence-corrected chi connectivity index (χ3v) is 3.90. The highest BCUT2D eigenvalue weighted by Crippen LogP contribution is 2.20. The standard InChI is InChI=1S/C17H13N5OS/c18-10-12-4-6-13(7-5-12)20-16(23)9-14-11-24-17(21-14)22-15-3-1-2-8-19-15/h1-8,11H,9H2,(H,20,23)(H,19,21,22). The Morgan fingerprint density at radius 2 is 2.04 bits per heavy atom. The number of amides is 1. The fraction of sp³-hybridized carbons (Fsp3) is 0.0588. The molecular formula is C17H13N5OS. The Labute approximate surface area is 142 Å². The van der Waals surface area contributed by atoms with Crippen LogP contribution in [0.5, 0.6) is 0 Å². The van der Waals surface area contributed by atoms with Gasteiger partial charge in [-0.25, -0.2) is 9.97 Å². The number of anilines is 3. The van der Waals surface area contributed by atoms with Crippen molar-refractivity contribution in [2.24, 2.45) is 0 Å². The third kappa shape index (κ3) is 4.15. The summed E-state index contributed by atoms with van der Waals surface area (Å²) in [4.78, 5) is 20.6. The second kappa shape index (κ2) is 7.35. The summed E-state index contributed by atoms with van der Waals surface area (Å²) < 4.78 is 0. The molecule has 7 heteroatoms. The van der Waals surface area contributed by atoms with Gasteiger partial charge in [0.25, 0.3) is 0 Å². The van der Waals surface area contributed by atoms with Crippen molar-refractivity contribution in [3.63, 3.8) is 0 Å². The van der Waals surface area contributed by atoms with Gasteiger partial charge in [-0.15, -0.1) is 11.3 Å². The molecule has 118 valence electrons. The summed E-state index contributed by atoms with van der Waals surface area (Å²) >= 11 is 1.42. The van der Waals surface area contributed by atoms with E-state index in [1.54, 1.807) is 30.5 Å². The molecule has 0 spiro atoms. The van der Waals surface area contributed by atoms with E-state index < -0.39 is 0 Å². The molecular weight excluding hydrogens is 322 g/mol. The Morgan fingerprint density at radius 1 is 1.21 bits per heavy atom. The molecule has 24 heavy (non-hydrogen) atoms. The van der Waals surface area contributed by atoms with Gasteiger partial charge in [-0.05, 0) is 36.4 Å². The topological polar surface area (TPSA) is 90.7 Å². The number of nitrogens with zero attached hydrogens (tertiary/aromatic N) is 3. The lowest BCUT2D eigenvalue weighted by molar-refractivity contribution is -0.115. The lowest BCUT2D eigenvalue weighted by Gasteiger charge is -2.03. The van der Waals surface area contributed by atoms with E-state index in [0.717, 1.165) is 0 Å². The number of nitriles is 1. The van der Waals surface area contributed by atoms with E-state index in [1.165, 1.54) is 11.3 Å². The van der Waals surface area contributed by atoms with E-state index in [-0.39, 0.29) is 12.3 Å². The second-order valence-corrected chi connectivity index (χ2v) is 5.76. The minimum Gasteiger partial charge on any atom is -0.326 e. The highest BCUT2D eigenvalue weighted by molar-refractivity contribution is 7.13. The average molecular weight is 335 g/mol. The first-order valence-corrected chi connectivity index (χ1v) is 8.03. The van der Waals surface area contributed by atoms with E-state index in [4.69, 9.17) is 5.26 Å². The summed E-state index contributed by atoms with van der Waals surface area (Å²) in [5, 5.41) is 17.2. The lowest BCUT2D eigenvalue weighted by atomic mass is 10.2. The molecule has 2 heterocycles. The molecule has 0 fully saturated rings. The van der Waals surface area contributed by atoms with Crippen LogP contribution in [0.2, 0.25) is 0 Å². The van der Waals surface area contributed by atoms with Crippen LogP contribution < -0.4 is 10.6 Å². The zero-order valence-electron chi connectivity index (χ0n) is 12.6. The van der Waals surface area contributed by atoms with Crippen LogP contribution in [-0.2, 0) is 11.2 Å². The van der Waals surface area contributed by atoms with Crippen LogP contribution in [0, 0.1) is 11.3 Å². The molecule has 1 aromatic carbocycles. The van der Waals surface area contributed by atoms with Crippen LogP contribution >= 0.6 is 11.3 Å². The Balaban J connectivity index is 1.57. The van der Waals surface area contributed by atoms with E-state index >= 15 is 0 Å². The number of hydrogen-bond donors (Lipinski definition) is 2. The van der Waals surface area contributed by atoms with Crippen molar-refractivity contribution in [3.05, 3.63) is 65.3 Å². The second-order valence-electron chi connectivity index (χ2n) is 4.90. The van der Waals surface area contributed by atoms with Gasteiger partial charge in [-0.2, -0.15) is 5.26 Å². The Bertz CT molecular complexity index is 868. The number of aromatic nitrogens is 2. The van der Waals surface area contributed by atoms with Crippen molar-refractivity contribution in [3.8, 4) is 6.07 Å². The van der Waals surface area contributed by atoms with Crippen LogP contribution in [0.25, 0.3) is 0 Å². The maximum absolute atomic E-state index is 12.1. The predicted octanol–water partition coefficient (Wildman–Crippen LogP) is 3.33. The fourth-order valence-electron chi connectivity index (χ4n) is 1.99. The number of carbonyl (C=O) groups excluding carboxylic acids is 1. The van der Waals surface area contributed by atoms with Gasteiger partial charge >= 0.3 is 0 Å². The summed E-state index contributed by atoms with van der Waals surface area (Å²) in [7, 11) is 0. The van der Waals surface area contributed by atoms with Crippen LogP contribution in [0.15, 0.2) is 54.0 Å². The first-order valence-electron chi connectivity index (χ1n) is 7.15. The molecule has 6 nitrogen and oxygen atoms in total. The number of benzene rings is 1. The molecule has 0 atom stereocenters. The van der Waals surface area contributed by atoms with E-state index in [0.29, 0.717) is 27.9 Å². The molecule has 0 unspecified atom stereocenters. The van der Waals surface area contributed by atoms with Crippen molar-refractivity contribution in [1.29, 1.82) is 5.26 Å². The van der Waals surface area contributed by atoms with Crippen molar-refractivity contribution >= 4 is 33.9 Å². The van der Waals surface area contributed by atoms with Crippen molar-refractivity contribution in [1.82, 2.24) is 9.97 Å². The maximum Gasteiger partial charge on any atom is 0.230 e. The Kier molecular flexibility index (Phi) is 4.79. The Hall–Kier alpha value is -3.24. The maximum atomic E-state index is 12.1. The van der Waals surface area contributed by atoms with Gasteiger partial charge in [0.1, 0.15) is 5.82 Å². The molecule has 2 N–H and O–H groups in total. The van der Waals surface area contributed by atoms with Gasteiger partial charge in [-0.3, -0.25) is 4.79 Å². The quantitative estimate of drug-likeness (QED) is 0.746. The van der Waals surface area contributed by atoms with Gasteiger partial charge < -0.3 is 10.6 Å². The molecule has 3 rings (SSSR count). The molecule has 3 aromatic rings. The largest absolute Gasteiger partial charge is 0.326 e. The van der Waals surface area contributed by atoms with Gasteiger partial charge in [-0.1, -0.05) is 6.07 Å². The molecule has 0 aliphatic rings. The minimum absolute atomic E-state index is 0.158. The monoisotopic (exact) mass is 335 g/mol. The van der Waals surface area contributed by atoms with E-state index in [1.807, 2.05) is 29.6 Å². The molecule has 2 aromatic heterocycles. The number of nitrogens with one attached hydrogen (secondary N) is 2. The molecule has 0 radical (unpaired) electrons. The number of carbonyl (C=O) groups is 1. The molecule has 1 amide bonds. The van der Waals surface area contributed by atoms with Crippen LogP contribution in [0.3, 0.4) is 0 Å². The number of rotatable bonds is 5. The first-order chi connectivity index (χ1) is 11.7. The summed E-state index contributed by atoms with van der Waals surface area (Å²) in [6, 6.07) is 14.3. The molecule has 0 aliphatic heterocycles. The fourth-order valence-corrected chi connectivity index (χ4v) is 2.71. The van der Waals surface area contributed by atoms with Crippen LogP contribution in [0.1, 0.15) is 11.3 Å². The van der Waals surface area contributed by atoms with Crippen molar-refractivity contribution in [2.75, 3.05) is 10.6 Å². The zero-order valence-corrected chi connectivity index (χ0v) is 13.4. The number of pyridine rings is 1. The predicted molar refractivity (Wildman–Crippen MR) is 93.1 cm³/mol. The van der Waals surface area contributed by atoms with Crippen molar-refractivity contribution < 1.29 is 4.79 Å². The van der Waals surface area contributed by atoms with Gasteiger partial charge in [0.15, 0.2) is 5.13 Å². The molecule has 0 bridgehead atoms. The number of thiazole rings is 1. The smallest absolute Gasteiger partial charge is 0.230 e. The highest BCUT2D eigenvalue weighted by atomic mass is 32.1. The molecule has 0 saturated heterocycles. The SMILES string of the molecule is N#Cc1ccc(NC(=O)Cc2csc(Nc3ccccn3)n2)cc1. The van der Waals surface area contributed by atoms with Crippen molar-refractivity contribution in [2.45, 2.75) is 6.42 Å². The zero-order chi connectivity index (χ0) is 16.8. The van der Waals surface area contributed by atoms with E-state index in [2.05, 4.69) is 20.6 Å². The molecule has 0 saturated carbocycles.